The molecule has 1 N–H and O–H groups in total. The molecule has 0 bridgehead atoms. The highest BCUT2D eigenvalue weighted by atomic mass is 127. The van der Waals surface area contributed by atoms with Gasteiger partial charge in [-0.1, -0.05) is 12.1 Å². The fraction of sp³-hybridized carbons (Fsp3) is 0.467. The third-order valence-electron chi connectivity index (χ3n) is 3.29. The Bertz CT molecular complexity index is 541. The molecule has 0 saturated carbocycles. The first kappa shape index (κ1) is 17.6. The lowest BCUT2D eigenvalue weighted by atomic mass is 10.2. The second-order valence-electron chi connectivity index (χ2n) is 4.84. The number of hydrogen-bond donors (Lipinski definition) is 1. The molecule has 7 heteroatoms. The van der Waals surface area contributed by atoms with E-state index in [1.165, 1.54) is 0 Å². The summed E-state index contributed by atoms with van der Waals surface area (Å²) in [7, 11) is 0. The summed E-state index contributed by atoms with van der Waals surface area (Å²) in [5, 5.41) is 2.90. The second kappa shape index (κ2) is 8.73. The molecule has 1 amide bonds. The molecule has 1 aliphatic heterocycles. The Labute approximate surface area is 148 Å². The molecular weight excluding hydrogens is 415 g/mol. The summed E-state index contributed by atoms with van der Waals surface area (Å²) in [6.45, 7) is 3.08. The summed E-state index contributed by atoms with van der Waals surface area (Å²) >= 11 is 3.90. The van der Waals surface area contributed by atoms with Gasteiger partial charge in [-0.05, 0) is 41.6 Å². The minimum absolute atomic E-state index is 0.106. The van der Waals surface area contributed by atoms with Crippen LogP contribution in [0.1, 0.15) is 6.92 Å². The van der Waals surface area contributed by atoms with E-state index < -0.39 is 0 Å². The van der Waals surface area contributed by atoms with Gasteiger partial charge < -0.3 is 10.1 Å². The van der Waals surface area contributed by atoms with E-state index in [-0.39, 0.29) is 24.5 Å². The van der Waals surface area contributed by atoms with Crippen LogP contribution in [0.4, 0.5) is 5.69 Å². The van der Waals surface area contributed by atoms with E-state index >= 15 is 0 Å². The van der Waals surface area contributed by atoms with Crippen LogP contribution in [0.3, 0.4) is 0 Å². The van der Waals surface area contributed by atoms with Gasteiger partial charge in [0, 0.05) is 21.6 Å². The van der Waals surface area contributed by atoms with E-state index in [0.29, 0.717) is 18.9 Å². The predicted octanol–water partition coefficient (Wildman–Crippen LogP) is 2.21. The van der Waals surface area contributed by atoms with Crippen molar-refractivity contribution >= 4 is 51.9 Å². The molecule has 1 aromatic carbocycles. The highest BCUT2D eigenvalue weighted by molar-refractivity contribution is 14.1. The maximum atomic E-state index is 12.2. The lowest BCUT2D eigenvalue weighted by Crippen LogP contribution is -2.50. The number of ether oxygens (including phenoxy) is 1. The maximum Gasteiger partial charge on any atom is 0.324 e. The molecule has 5 nitrogen and oxygen atoms in total. The lowest BCUT2D eigenvalue weighted by molar-refractivity contribution is -0.148. The average Bonchev–Trinajstić information content (AvgIpc) is 2.50. The van der Waals surface area contributed by atoms with Gasteiger partial charge in [-0.3, -0.25) is 14.5 Å². The molecule has 1 heterocycles. The van der Waals surface area contributed by atoms with Crippen molar-refractivity contribution in [1.29, 1.82) is 0 Å². The minimum Gasteiger partial charge on any atom is -0.465 e. The normalized spacial score (nSPS) is 18.7. The zero-order valence-corrected chi connectivity index (χ0v) is 15.4. The standard InChI is InChI=1S/C15H19IN2O3S/c1-2-21-15(20)13-10-22-8-7-18(13)9-14(19)17-12-6-4-3-5-11(12)16/h3-6,13H,2,7-10H2,1H3,(H,17,19). The fourth-order valence-electron chi connectivity index (χ4n) is 2.22. The van der Waals surface area contributed by atoms with E-state index in [1.54, 1.807) is 18.7 Å². The molecule has 1 unspecified atom stereocenters. The van der Waals surface area contributed by atoms with Crippen molar-refractivity contribution < 1.29 is 14.3 Å². The molecule has 0 aromatic heterocycles. The number of nitrogens with zero attached hydrogens (tertiary/aromatic N) is 1. The van der Waals surface area contributed by atoms with Crippen molar-refractivity contribution in [3.05, 3.63) is 27.8 Å². The van der Waals surface area contributed by atoms with Gasteiger partial charge in [0.15, 0.2) is 0 Å². The van der Waals surface area contributed by atoms with Crippen LogP contribution in [0.15, 0.2) is 24.3 Å². The monoisotopic (exact) mass is 434 g/mol. The number of thioether (sulfide) groups is 1. The van der Waals surface area contributed by atoms with Crippen molar-refractivity contribution in [2.24, 2.45) is 0 Å². The third-order valence-corrected chi connectivity index (χ3v) is 5.26. The summed E-state index contributed by atoms with van der Waals surface area (Å²) in [5.74, 6) is 1.25. The van der Waals surface area contributed by atoms with Crippen LogP contribution in [0, 0.1) is 3.57 Å². The number of benzene rings is 1. The van der Waals surface area contributed by atoms with Crippen molar-refractivity contribution in [2.75, 3.05) is 36.5 Å². The quantitative estimate of drug-likeness (QED) is 0.569. The number of nitrogens with one attached hydrogen (secondary N) is 1. The summed E-state index contributed by atoms with van der Waals surface area (Å²) in [5.41, 5.74) is 0.798. The van der Waals surface area contributed by atoms with Crippen LogP contribution in [-0.4, -0.2) is 54.0 Å². The fourth-order valence-corrected chi connectivity index (χ4v) is 3.84. The predicted molar refractivity (Wildman–Crippen MR) is 97.1 cm³/mol. The first-order valence-electron chi connectivity index (χ1n) is 7.14. The largest absolute Gasteiger partial charge is 0.465 e. The first-order chi connectivity index (χ1) is 10.6. The molecule has 0 spiro atoms. The number of rotatable bonds is 5. The van der Waals surface area contributed by atoms with Crippen molar-refractivity contribution in [3.63, 3.8) is 0 Å². The topological polar surface area (TPSA) is 58.6 Å². The summed E-state index contributed by atoms with van der Waals surface area (Å²) in [6.07, 6.45) is 0. The van der Waals surface area contributed by atoms with Gasteiger partial charge >= 0.3 is 5.97 Å². The molecule has 0 aliphatic carbocycles. The average molecular weight is 434 g/mol. The molecule has 1 atom stereocenters. The van der Waals surface area contributed by atoms with Crippen LogP contribution in [-0.2, 0) is 14.3 Å². The Hall–Kier alpha value is -0.800. The van der Waals surface area contributed by atoms with Crippen molar-refractivity contribution in [3.8, 4) is 0 Å². The zero-order chi connectivity index (χ0) is 15.9. The highest BCUT2D eigenvalue weighted by Gasteiger charge is 2.31. The minimum atomic E-state index is -0.334. The smallest absolute Gasteiger partial charge is 0.324 e. The number of carbonyl (C=O) groups excluding carboxylic acids is 2. The molecule has 1 saturated heterocycles. The Morgan fingerprint density at radius 2 is 2.23 bits per heavy atom. The Balaban J connectivity index is 1.96. The van der Waals surface area contributed by atoms with Crippen molar-refractivity contribution in [2.45, 2.75) is 13.0 Å². The molecule has 1 aliphatic rings. The second-order valence-corrected chi connectivity index (χ2v) is 7.15. The van der Waals surface area contributed by atoms with E-state index in [0.717, 1.165) is 15.0 Å². The SMILES string of the molecule is CCOC(=O)C1CSCCN1CC(=O)Nc1ccccc1I. The molecule has 120 valence electrons. The highest BCUT2D eigenvalue weighted by Crippen LogP contribution is 2.19. The van der Waals surface area contributed by atoms with Crippen LogP contribution in [0.25, 0.3) is 0 Å². The van der Waals surface area contributed by atoms with Crippen LogP contribution in [0.5, 0.6) is 0 Å². The summed E-state index contributed by atoms with van der Waals surface area (Å²) in [4.78, 5) is 26.1. The number of anilines is 1. The van der Waals surface area contributed by atoms with E-state index in [9.17, 15) is 9.59 Å². The number of carbonyl (C=O) groups is 2. The van der Waals surface area contributed by atoms with Gasteiger partial charge in [-0.2, -0.15) is 11.8 Å². The maximum absolute atomic E-state index is 12.2. The van der Waals surface area contributed by atoms with Gasteiger partial charge in [0.05, 0.1) is 18.8 Å². The number of para-hydroxylation sites is 1. The third kappa shape index (κ3) is 4.85. The van der Waals surface area contributed by atoms with Gasteiger partial charge in [0.25, 0.3) is 0 Å². The van der Waals surface area contributed by atoms with E-state index in [1.807, 2.05) is 29.2 Å². The summed E-state index contributed by atoms with van der Waals surface area (Å²) < 4.78 is 6.09. The summed E-state index contributed by atoms with van der Waals surface area (Å²) in [6, 6.07) is 7.29. The number of hydrogen-bond acceptors (Lipinski definition) is 5. The van der Waals surface area contributed by atoms with E-state index in [2.05, 4.69) is 27.9 Å². The lowest BCUT2D eigenvalue weighted by Gasteiger charge is -2.32. The van der Waals surface area contributed by atoms with Gasteiger partial charge in [-0.15, -0.1) is 0 Å². The van der Waals surface area contributed by atoms with Gasteiger partial charge in [0.2, 0.25) is 5.91 Å². The number of esters is 1. The van der Waals surface area contributed by atoms with Crippen LogP contribution >= 0.6 is 34.4 Å². The molecule has 0 radical (unpaired) electrons. The molecule has 2 rings (SSSR count). The van der Waals surface area contributed by atoms with Crippen molar-refractivity contribution in [1.82, 2.24) is 4.90 Å². The number of halogens is 1. The van der Waals surface area contributed by atoms with E-state index in [4.69, 9.17) is 4.74 Å². The number of amides is 1. The molecule has 1 fully saturated rings. The Morgan fingerprint density at radius 1 is 1.45 bits per heavy atom. The van der Waals surface area contributed by atoms with Gasteiger partial charge in [0.1, 0.15) is 6.04 Å². The Kier molecular flexibility index (Phi) is 6.97. The molecular formula is C15H19IN2O3S. The Morgan fingerprint density at radius 3 is 2.95 bits per heavy atom. The zero-order valence-electron chi connectivity index (χ0n) is 12.4. The molecule has 1 aromatic rings. The van der Waals surface area contributed by atoms with Gasteiger partial charge in [-0.25, -0.2) is 0 Å². The first-order valence-corrected chi connectivity index (χ1v) is 9.38. The van der Waals surface area contributed by atoms with Crippen LogP contribution in [0.2, 0.25) is 0 Å². The molecule has 22 heavy (non-hydrogen) atoms. The van der Waals surface area contributed by atoms with Crippen LogP contribution < -0.4 is 5.32 Å².